The van der Waals surface area contributed by atoms with Crippen molar-refractivity contribution in [3.63, 3.8) is 0 Å². The summed E-state index contributed by atoms with van der Waals surface area (Å²) in [5, 5.41) is 9.56. The van der Waals surface area contributed by atoms with E-state index in [2.05, 4.69) is 26.0 Å². The van der Waals surface area contributed by atoms with Gasteiger partial charge >= 0.3 is 5.97 Å². The van der Waals surface area contributed by atoms with E-state index in [1.165, 1.54) is 24.0 Å². The van der Waals surface area contributed by atoms with Gasteiger partial charge in [-0.15, -0.1) is 0 Å². The van der Waals surface area contributed by atoms with E-state index >= 15 is 0 Å². The van der Waals surface area contributed by atoms with E-state index < -0.39 is 5.97 Å². The fraction of sp³-hybridized carbons (Fsp3) is 0.588. The van der Waals surface area contributed by atoms with Crippen LogP contribution in [-0.2, 0) is 11.2 Å². The number of hydrogen-bond acceptors (Lipinski definition) is 1. The predicted octanol–water partition coefficient (Wildman–Crippen LogP) is 4.06. The maximum absolute atomic E-state index is 11.6. The molecule has 1 N–H and O–H groups in total. The first-order valence-electron chi connectivity index (χ1n) is 7.35. The molecule has 2 nitrogen and oxygen atoms in total. The molecule has 1 aromatic carbocycles. The number of rotatable bonds is 4. The summed E-state index contributed by atoms with van der Waals surface area (Å²) in [4.78, 5) is 11.6. The minimum absolute atomic E-state index is 0.219. The molecule has 1 aromatic rings. The number of carboxylic acid groups (broad SMARTS) is 1. The minimum Gasteiger partial charge on any atom is -0.481 e. The molecule has 0 saturated heterocycles. The third-order valence-electron chi connectivity index (χ3n) is 4.56. The molecule has 0 aliphatic heterocycles. The van der Waals surface area contributed by atoms with Gasteiger partial charge in [-0.1, -0.05) is 44.0 Å². The Kier molecular flexibility index (Phi) is 4.62. The van der Waals surface area contributed by atoms with Gasteiger partial charge in [-0.25, -0.2) is 0 Å². The Morgan fingerprint density at radius 3 is 2.74 bits per heavy atom. The zero-order valence-corrected chi connectivity index (χ0v) is 11.9. The maximum atomic E-state index is 11.6. The van der Waals surface area contributed by atoms with Crippen LogP contribution in [0.3, 0.4) is 0 Å². The van der Waals surface area contributed by atoms with Crippen LogP contribution in [-0.4, -0.2) is 11.1 Å². The molecule has 2 rings (SSSR count). The average Bonchev–Trinajstić information content (AvgIpc) is 2.37. The van der Waals surface area contributed by atoms with Crippen LogP contribution in [0.2, 0.25) is 0 Å². The van der Waals surface area contributed by atoms with Crippen molar-refractivity contribution >= 4 is 5.97 Å². The van der Waals surface area contributed by atoms with Gasteiger partial charge in [-0.05, 0) is 49.1 Å². The van der Waals surface area contributed by atoms with Gasteiger partial charge in [-0.2, -0.15) is 0 Å². The Morgan fingerprint density at radius 1 is 1.37 bits per heavy atom. The number of hydrogen-bond donors (Lipinski definition) is 1. The van der Waals surface area contributed by atoms with E-state index in [9.17, 15) is 9.90 Å². The normalized spacial score (nSPS) is 24.9. The summed E-state index contributed by atoms with van der Waals surface area (Å²) in [6.45, 7) is 4.32. The fourth-order valence-electron chi connectivity index (χ4n) is 3.38. The monoisotopic (exact) mass is 260 g/mol. The van der Waals surface area contributed by atoms with Crippen LogP contribution in [0.4, 0.5) is 0 Å². The summed E-state index contributed by atoms with van der Waals surface area (Å²) in [5.41, 5.74) is 2.39. The van der Waals surface area contributed by atoms with Crippen LogP contribution in [0.15, 0.2) is 24.3 Å². The predicted molar refractivity (Wildman–Crippen MR) is 77.1 cm³/mol. The third kappa shape index (κ3) is 3.59. The van der Waals surface area contributed by atoms with E-state index in [1.807, 2.05) is 12.1 Å². The quantitative estimate of drug-likeness (QED) is 0.886. The lowest BCUT2D eigenvalue weighted by Crippen LogP contribution is -2.29. The SMILES string of the molecule is Cc1ccccc1CC(C(=O)O)C1CCCC(C)C1. The molecule has 0 radical (unpaired) electrons. The topological polar surface area (TPSA) is 37.3 Å². The van der Waals surface area contributed by atoms with Gasteiger partial charge in [-0.3, -0.25) is 4.79 Å². The van der Waals surface area contributed by atoms with Crippen LogP contribution < -0.4 is 0 Å². The van der Waals surface area contributed by atoms with Gasteiger partial charge in [0.15, 0.2) is 0 Å². The summed E-state index contributed by atoms with van der Waals surface area (Å²) in [5.74, 6) is 0.185. The average molecular weight is 260 g/mol. The molecule has 1 fully saturated rings. The molecule has 0 aromatic heterocycles. The molecule has 1 aliphatic carbocycles. The molecule has 0 amide bonds. The molecule has 1 aliphatic rings. The smallest absolute Gasteiger partial charge is 0.307 e. The second-order valence-corrected chi connectivity index (χ2v) is 6.11. The van der Waals surface area contributed by atoms with Crippen molar-refractivity contribution in [1.29, 1.82) is 0 Å². The fourth-order valence-corrected chi connectivity index (χ4v) is 3.38. The van der Waals surface area contributed by atoms with Gasteiger partial charge in [0.1, 0.15) is 0 Å². The summed E-state index contributed by atoms with van der Waals surface area (Å²) in [6.07, 6.45) is 5.27. The second kappa shape index (κ2) is 6.23. The van der Waals surface area contributed by atoms with Crippen molar-refractivity contribution in [1.82, 2.24) is 0 Å². The van der Waals surface area contributed by atoms with Gasteiger partial charge in [0, 0.05) is 0 Å². The van der Waals surface area contributed by atoms with Crippen LogP contribution >= 0.6 is 0 Å². The highest BCUT2D eigenvalue weighted by atomic mass is 16.4. The Balaban J connectivity index is 2.12. The lowest BCUT2D eigenvalue weighted by molar-refractivity contribution is -0.144. The van der Waals surface area contributed by atoms with Crippen LogP contribution in [0.25, 0.3) is 0 Å². The Morgan fingerprint density at radius 2 is 2.11 bits per heavy atom. The molecule has 19 heavy (non-hydrogen) atoms. The number of benzene rings is 1. The molecule has 104 valence electrons. The number of carbonyl (C=O) groups is 1. The zero-order valence-electron chi connectivity index (χ0n) is 11.9. The molecular formula is C17H24O2. The standard InChI is InChI=1S/C17H24O2/c1-12-6-5-9-15(10-12)16(17(18)19)11-14-8-4-3-7-13(14)2/h3-4,7-8,12,15-16H,5-6,9-11H2,1-2H3,(H,18,19). The highest BCUT2D eigenvalue weighted by molar-refractivity contribution is 5.71. The molecular weight excluding hydrogens is 236 g/mol. The van der Waals surface area contributed by atoms with Crippen LogP contribution in [0.5, 0.6) is 0 Å². The summed E-state index contributed by atoms with van der Waals surface area (Å²) in [7, 11) is 0. The molecule has 0 heterocycles. The highest BCUT2D eigenvalue weighted by Gasteiger charge is 2.31. The lowest BCUT2D eigenvalue weighted by Gasteiger charge is -2.31. The van der Waals surface area contributed by atoms with Crippen molar-refractivity contribution in [3.8, 4) is 0 Å². The molecule has 0 bridgehead atoms. The zero-order chi connectivity index (χ0) is 13.8. The van der Waals surface area contributed by atoms with Gasteiger partial charge < -0.3 is 5.11 Å². The summed E-state index contributed by atoms with van der Waals surface area (Å²) < 4.78 is 0. The van der Waals surface area contributed by atoms with Crippen molar-refractivity contribution in [2.24, 2.45) is 17.8 Å². The van der Waals surface area contributed by atoms with E-state index in [4.69, 9.17) is 0 Å². The maximum Gasteiger partial charge on any atom is 0.307 e. The number of aryl methyl sites for hydroxylation is 1. The van der Waals surface area contributed by atoms with Crippen molar-refractivity contribution < 1.29 is 9.90 Å². The van der Waals surface area contributed by atoms with Gasteiger partial charge in [0.2, 0.25) is 0 Å². The Bertz CT molecular complexity index is 439. The molecule has 2 heteroatoms. The Labute approximate surface area is 115 Å². The largest absolute Gasteiger partial charge is 0.481 e. The number of carboxylic acids is 1. The van der Waals surface area contributed by atoms with Gasteiger partial charge in [0.25, 0.3) is 0 Å². The third-order valence-corrected chi connectivity index (χ3v) is 4.56. The van der Waals surface area contributed by atoms with E-state index in [1.54, 1.807) is 0 Å². The number of aliphatic carboxylic acids is 1. The first-order valence-corrected chi connectivity index (χ1v) is 7.35. The second-order valence-electron chi connectivity index (χ2n) is 6.11. The van der Waals surface area contributed by atoms with Crippen molar-refractivity contribution in [3.05, 3.63) is 35.4 Å². The first kappa shape index (κ1) is 14.1. The molecule has 3 atom stereocenters. The van der Waals surface area contributed by atoms with Crippen molar-refractivity contribution in [2.45, 2.75) is 46.0 Å². The molecule has 1 saturated carbocycles. The molecule has 3 unspecified atom stereocenters. The van der Waals surface area contributed by atoms with Crippen molar-refractivity contribution in [2.75, 3.05) is 0 Å². The van der Waals surface area contributed by atoms with Crippen LogP contribution in [0, 0.1) is 24.7 Å². The minimum atomic E-state index is -0.623. The van der Waals surface area contributed by atoms with E-state index in [-0.39, 0.29) is 5.92 Å². The highest BCUT2D eigenvalue weighted by Crippen LogP contribution is 2.35. The van der Waals surface area contributed by atoms with Crippen LogP contribution in [0.1, 0.15) is 43.7 Å². The van der Waals surface area contributed by atoms with E-state index in [0.29, 0.717) is 18.3 Å². The summed E-state index contributed by atoms with van der Waals surface area (Å²) >= 11 is 0. The Hall–Kier alpha value is -1.31. The lowest BCUT2D eigenvalue weighted by atomic mass is 9.73. The molecule has 0 spiro atoms. The van der Waals surface area contributed by atoms with E-state index in [0.717, 1.165) is 12.8 Å². The first-order chi connectivity index (χ1) is 9.08. The van der Waals surface area contributed by atoms with Gasteiger partial charge in [0.05, 0.1) is 5.92 Å². The summed E-state index contributed by atoms with van der Waals surface area (Å²) in [6, 6.07) is 8.15.